The zero-order valence-corrected chi connectivity index (χ0v) is 10.1. The summed E-state index contributed by atoms with van der Waals surface area (Å²) in [6.07, 6.45) is 3.48. The molecule has 0 aliphatic rings. The van der Waals surface area contributed by atoms with Crippen LogP contribution < -0.4 is 0 Å². The molecule has 0 saturated carbocycles. The molecule has 1 rings (SSSR count). The van der Waals surface area contributed by atoms with Crippen molar-refractivity contribution in [3.8, 4) is 0 Å². The summed E-state index contributed by atoms with van der Waals surface area (Å²) in [5, 5.41) is 0. The van der Waals surface area contributed by atoms with E-state index in [1.165, 1.54) is 6.08 Å². The van der Waals surface area contributed by atoms with Crippen LogP contribution in [0.4, 0.5) is 0 Å². The van der Waals surface area contributed by atoms with E-state index in [2.05, 4.69) is 0 Å². The Morgan fingerprint density at radius 2 is 2.06 bits per heavy atom. The van der Waals surface area contributed by atoms with Crippen LogP contribution in [0, 0.1) is 0 Å². The molecule has 3 heteroatoms. The van der Waals surface area contributed by atoms with Gasteiger partial charge in [-0.25, -0.2) is 4.79 Å². The molecule has 0 aliphatic carbocycles. The second-order valence-corrected chi connectivity index (χ2v) is 3.49. The summed E-state index contributed by atoms with van der Waals surface area (Å²) in [4.78, 5) is 22.6. The van der Waals surface area contributed by atoms with Gasteiger partial charge in [0.25, 0.3) is 0 Å². The molecule has 17 heavy (non-hydrogen) atoms. The first-order chi connectivity index (χ1) is 8.17. The zero-order chi connectivity index (χ0) is 12.7. The van der Waals surface area contributed by atoms with Crippen LogP contribution in [0.2, 0.25) is 0 Å². The number of hydrogen-bond acceptors (Lipinski definition) is 3. The molecule has 1 aromatic rings. The molecule has 0 bridgehead atoms. The second-order valence-electron chi connectivity index (χ2n) is 3.49. The number of Topliss-reactive ketones (excluding diaryl/α,β-unsaturated/α-hetero) is 1. The Hall–Kier alpha value is -1.90. The minimum Gasteiger partial charge on any atom is -0.463 e. The average molecular weight is 232 g/mol. The van der Waals surface area contributed by atoms with Gasteiger partial charge in [0.05, 0.1) is 6.61 Å². The first-order valence-corrected chi connectivity index (χ1v) is 5.65. The molecule has 0 unspecified atom stereocenters. The summed E-state index contributed by atoms with van der Waals surface area (Å²) in [6, 6.07) is 7.17. The van der Waals surface area contributed by atoms with Crippen LogP contribution in [0.5, 0.6) is 0 Å². The highest BCUT2D eigenvalue weighted by molar-refractivity contribution is 5.96. The summed E-state index contributed by atoms with van der Waals surface area (Å²) >= 11 is 0. The first kappa shape index (κ1) is 13.2. The Morgan fingerprint density at radius 1 is 1.29 bits per heavy atom. The molecule has 0 spiro atoms. The van der Waals surface area contributed by atoms with Crippen molar-refractivity contribution < 1.29 is 14.3 Å². The molecule has 1 aromatic carbocycles. The van der Waals surface area contributed by atoms with E-state index in [9.17, 15) is 9.59 Å². The highest BCUT2D eigenvalue weighted by Gasteiger charge is 2.02. The molecule has 0 radical (unpaired) electrons. The number of carbonyl (C=O) groups is 2. The molecule has 3 nitrogen and oxygen atoms in total. The van der Waals surface area contributed by atoms with Gasteiger partial charge in [0.15, 0.2) is 5.78 Å². The fourth-order valence-electron chi connectivity index (χ4n) is 1.37. The number of ether oxygens (including phenoxy) is 1. The maximum absolute atomic E-state index is 11.5. The fourth-order valence-corrected chi connectivity index (χ4v) is 1.37. The minimum absolute atomic E-state index is 0.0939. The van der Waals surface area contributed by atoms with Crippen LogP contribution >= 0.6 is 0 Å². The molecular formula is C14H16O3. The third kappa shape index (κ3) is 4.23. The molecule has 0 atom stereocenters. The van der Waals surface area contributed by atoms with E-state index in [1.807, 2.05) is 13.0 Å². The van der Waals surface area contributed by atoms with E-state index in [4.69, 9.17) is 4.74 Å². The summed E-state index contributed by atoms with van der Waals surface area (Å²) in [5.74, 6) is -0.281. The summed E-state index contributed by atoms with van der Waals surface area (Å²) < 4.78 is 4.77. The highest BCUT2D eigenvalue weighted by atomic mass is 16.5. The predicted molar refractivity (Wildman–Crippen MR) is 66.7 cm³/mol. The molecule has 0 saturated heterocycles. The SMILES string of the molecule is CCOC(=O)/C=C/c1cccc(C(=O)CC)c1. The van der Waals surface area contributed by atoms with Gasteiger partial charge in [-0.2, -0.15) is 0 Å². The summed E-state index contributed by atoms with van der Waals surface area (Å²) in [5.41, 5.74) is 1.48. The maximum Gasteiger partial charge on any atom is 0.330 e. The molecule has 0 heterocycles. The van der Waals surface area contributed by atoms with Crippen molar-refractivity contribution in [2.75, 3.05) is 6.61 Å². The highest BCUT2D eigenvalue weighted by Crippen LogP contribution is 2.09. The maximum atomic E-state index is 11.5. The van der Waals surface area contributed by atoms with Gasteiger partial charge >= 0.3 is 5.97 Å². The van der Waals surface area contributed by atoms with E-state index in [0.29, 0.717) is 18.6 Å². The van der Waals surface area contributed by atoms with Crippen molar-refractivity contribution in [1.82, 2.24) is 0 Å². The predicted octanol–water partition coefficient (Wildman–Crippen LogP) is 2.86. The van der Waals surface area contributed by atoms with Gasteiger partial charge in [-0.15, -0.1) is 0 Å². The summed E-state index contributed by atoms with van der Waals surface area (Å²) in [6.45, 7) is 3.94. The van der Waals surface area contributed by atoms with Gasteiger partial charge in [0, 0.05) is 18.1 Å². The fraction of sp³-hybridized carbons (Fsp3) is 0.286. The van der Waals surface area contributed by atoms with E-state index in [-0.39, 0.29) is 11.8 Å². The van der Waals surface area contributed by atoms with Crippen LogP contribution in [0.3, 0.4) is 0 Å². The molecule has 0 amide bonds. The standard InChI is InChI=1S/C14H16O3/c1-3-13(15)12-7-5-6-11(10-12)8-9-14(16)17-4-2/h5-10H,3-4H2,1-2H3/b9-8+. The van der Waals surface area contributed by atoms with Crippen molar-refractivity contribution in [3.05, 3.63) is 41.5 Å². The second kappa shape index (κ2) is 6.63. The van der Waals surface area contributed by atoms with Gasteiger partial charge in [-0.3, -0.25) is 4.79 Å². The van der Waals surface area contributed by atoms with E-state index in [0.717, 1.165) is 5.56 Å². The number of rotatable bonds is 5. The Labute approximate surface area is 101 Å². The smallest absolute Gasteiger partial charge is 0.330 e. The third-order valence-corrected chi connectivity index (χ3v) is 2.23. The van der Waals surface area contributed by atoms with Gasteiger partial charge in [0.2, 0.25) is 0 Å². The van der Waals surface area contributed by atoms with Crippen LogP contribution in [0.1, 0.15) is 36.2 Å². The Bertz CT molecular complexity index is 433. The number of benzene rings is 1. The number of ketones is 1. The van der Waals surface area contributed by atoms with Gasteiger partial charge < -0.3 is 4.74 Å². The molecule has 0 N–H and O–H groups in total. The van der Waals surface area contributed by atoms with Gasteiger partial charge in [-0.1, -0.05) is 25.1 Å². The average Bonchev–Trinajstić information content (AvgIpc) is 2.36. The van der Waals surface area contributed by atoms with Crippen LogP contribution in [0.25, 0.3) is 6.08 Å². The largest absolute Gasteiger partial charge is 0.463 e. The Kier molecular flexibility index (Phi) is 5.14. The van der Waals surface area contributed by atoms with Crippen molar-refractivity contribution >= 4 is 17.8 Å². The van der Waals surface area contributed by atoms with Crippen molar-refractivity contribution in [3.63, 3.8) is 0 Å². The third-order valence-electron chi connectivity index (χ3n) is 2.23. The van der Waals surface area contributed by atoms with Gasteiger partial charge in [-0.05, 0) is 24.6 Å². The quantitative estimate of drug-likeness (QED) is 0.445. The molecule has 0 aliphatic heterocycles. The van der Waals surface area contributed by atoms with Crippen LogP contribution in [-0.2, 0) is 9.53 Å². The lowest BCUT2D eigenvalue weighted by atomic mass is 10.1. The van der Waals surface area contributed by atoms with Gasteiger partial charge in [0.1, 0.15) is 0 Å². The topological polar surface area (TPSA) is 43.4 Å². The molecule has 0 aromatic heterocycles. The zero-order valence-electron chi connectivity index (χ0n) is 10.1. The van der Waals surface area contributed by atoms with Crippen molar-refractivity contribution in [2.24, 2.45) is 0 Å². The number of hydrogen-bond donors (Lipinski definition) is 0. The molecule has 0 fully saturated rings. The summed E-state index contributed by atoms with van der Waals surface area (Å²) in [7, 11) is 0. The van der Waals surface area contributed by atoms with E-state index in [1.54, 1.807) is 31.2 Å². The van der Waals surface area contributed by atoms with E-state index < -0.39 is 0 Å². The molecular weight excluding hydrogens is 216 g/mol. The normalized spacial score (nSPS) is 10.5. The minimum atomic E-state index is -0.375. The van der Waals surface area contributed by atoms with Crippen LogP contribution in [-0.4, -0.2) is 18.4 Å². The lowest BCUT2D eigenvalue weighted by Gasteiger charge is -1.99. The van der Waals surface area contributed by atoms with Crippen LogP contribution in [0.15, 0.2) is 30.3 Å². The number of esters is 1. The Morgan fingerprint density at radius 3 is 2.71 bits per heavy atom. The Balaban J connectivity index is 2.78. The van der Waals surface area contributed by atoms with Crippen molar-refractivity contribution in [2.45, 2.75) is 20.3 Å². The molecule has 90 valence electrons. The first-order valence-electron chi connectivity index (χ1n) is 5.65. The number of carbonyl (C=O) groups excluding carboxylic acids is 2. The van der Waals surface area contributed by atoms with E-state index >= 15 is 0 Å². The van der Waals surface area contributed by atoms with Crippen molar-refractivity contribution in [1.29, 1.82) is 0 Å². The monoisotopic (exact) mass is 232 g/mol. The lowest BCUT2D eigenvalue weighted by Crippen LogP contribution is -1.99. The lowest BCUT2D eigenvalue weighted by molar-refractivity contribution is -0.137.